The van der Waals surface area contributed by atoms with E-state index in [1.54, 1.807) is 0 Å². The molecule has 0 aliphatic carbocycles. The van der Waals surface area contributed by atoms with E-state index in [0.717, 1.165) is 0 Å². The summed E-state index contributed by atoms with van der Waals surface area (Å²) in [6, 6.07) is 4.60. The molecule has 2 rings (SSSR count). The highest BCUT2D eigenvalue weighted by Crippen LogP contribution is 2.38. The van der Waals surface area contributed by atoms with Crippen molar-refractivity contribution in [1.82, 2.24) is 10.3 Å². The molecule has 1 aromatic rings. The standard InChI is InChI=1S/C12H18N2S2/c1-9-12(16-7-6-15-9)11(13-2)10-4-3-5-14-8-10/h3-5,8-9,11-13H,6-7H2,1-2H3. The summed E-state index contributed by atoms with van der Waals surface area (Å²) in [5, 5.41) is 4.80. The monoisotopic (exact) mass is 254 g/mol. The van der Waals surface area contributed by atoms with E-state index in [4.69, 9.17) is 0 Å². The average molecular weight is 254 g/mol. The quantitative estimate of drug-likeness (QED) is 0.896. The normalized spacial score (nSPS) is 27.6. The maximum absolute atomic E-state index is 4.22. The van der Waals surface area contributed by atoms with E-state index in [1.807, 2.05) is 25.5 Å². The van der Waals surface area contributed by atoms with Gasteiger partial charge in [0.2, 0.25) is 0 Å². The fraction of sp³-hybridized carbons (Fsp3) is 0.583. The molecule has 4 heteroatoms. The van der Waals surface area contributed by atoms with Crippen LogP contribution < -0.4 is 5.32 Å². The van der Waals surface area contributed by atoms with Crippen LogP contribution in [0.4, 0.5) is 0 Å². The third kappa shape index (κ3) is 2.73. The lowest BCUT2D eigenvalue weighted by molar-refractivity contribution is 0.559. The van der Waals surface area contributed by atoms with Gasteiger partial charge >= 0.3 is 0 Å². The van der Waals surface area contributed by atoms with Crippen LogP contribution in [-0.2, 0) is 0 Å². The Morgan fingerprint density at radius 1 is 1.44 bits per heavy atom. The van der Waals surface area contributed by atoms with Crippen molar-refractivity contribution in [1.29, 1.82) is 0 Å². The summed E-state index contributed by atoms with van der Waals surface area (Å²) in [7, 11) is 2.05. The fourth-order valence-corrected chi connectivity index (χ4v) is 5.08. The first-order valence-electron chi connectivity index (χ1n) is 5.63. The molecule has 0 saturated carbocycles. The number of aromatic nitrogens is 1. The molecule has 1 fully saturated rings. The van der Waals surface area contributed by atoms with Gasteiger partial charge in [0, 0.05) is 40.4 Å². The Kier molecular flexibility index (Phi) is 4.55. The van der Waals surface area contributed by atoms with E-state index in [-0.39, 0.29) is 0 Å². The minimum atomic E-state index is 0.418. The maximum Gasteiger partial charge on any atom is 0.0464 e. The number of rotatable bonds is 3. The minimum absolute atomic E-state index is 0.418. The lowest BCUT2D eigenvalue weighted by atomic mass is 10.0. The van der Waals surface area contributed by atoms with E-state index >= 15 is 0 Å². The molecule has 88 valence electrons. The Hall–Kier alpha value is -0.190. The van der Waals surface area contributed by atoms with E-state index in [1.165, 1.54) is 17.1 Å². The van der Waals surface area contributed by atoms with E-state index in [2.05, 4.69) is 46.8 Å². The molecule has 1 aliphatic heterocycles. The van der Waals surface area contributed by atoms with E-state index < -0.39 is 0 Å². The molecule has 16 heavy (non-hydrogen) atoms. The number of hydrogen-bond acceptors (Lipinski definition) is 4. The van der Waals surface area contributed by atoms with Crippen molar-refractivity contribution in [3.8, 4) is 0 Å². The molecular weight excluding hydrogens is 236 g/mol. The van der Waals surface area contributed by atoms with E-state index in [9.17, 15) is 0 Å². The van der Waals surface area contributed by atoms with Crippen molar-refractivity contribution in [2.45, 2.75) is 23.5 Å². The predicted molar refractivity (Wildman–Crippen MR) is 74.2 cm³/mol. The molecule has 1 saturated heterocycles. The molecule has 2 nitrogen and oxygen atoms in total. The second-order valence-electron chi connectivity index (χ2n) is 3.96. The van der Waals surface area contributed by atoms with Crippen LogP contribution in [0.25, 0.3) is 0 Å². The SMILES string of the molecule is CNC(c1cccnc1)C1SCCSC1C. The van der Waals surface area contributed by atoms with Gasteiger partial charge in [0.25, 0.3) is 0 Å². The van der Waals surface area contributed by atoms with Crippen molar-refractivity contribution in [3.05, 3.63) is 30.1 Å². The van der Waals surface area contributed by atoms with Crippen LogP contribution in [0.1, 0.15) is 18.5 Å². The topological polar surface area (TPSA) is 24.9 Å². The Morgan fingerprint density at radius 2 is 2.25 bits per heavy atom. The second kappa shape index (κ2) is 5.94. The van der Waals surface area contributed by atoms with Crippen LogP contribution in [0, 0.1) is 0 Å². The van der Waals surface area contributed by atoms with Gasteiger partial charge in [-0.3, -0.25) is 4.98 Å². The highest BCUT2D eigenvalue weighted by atomic mass is 32.2. The molecule has 1 aliphatic rings. The summed E-state index contributed by atoms with van der Waals surface area (Å²) in [6.45, 7) is 2.34. The molecule has 3 unspecified atom stereocenters. The van der Waals surface area contributed by atoms with E-state index in [0.29, 0.717) is 16.5 Å². The molecule has 0 spiro atoms. The first kappa shape index (κ1) is 12.3. The van der Waals surface area contributed by atoms with Gasteiger partial charge < -0.3 is 5.32 Å². The molecule has 3 atom stereocenters. The molecule has 2 heterocycles. The van der Waals surface area contributed by atoms with Gasteiger partial charge in [0.15, 0.2) is 0 Å². The lowest BCUT2D eigenvalue weighted by Crippen LogP contribution is -2.36. The van der Waals surface area contributed by atoms with Crippen molar-refractivity contribution < 1.29 is 0 Å². The number of hydrogen-bond donors (Lipinski definition) is 1. The Morgan fingerprint density at radius 3 is 2.88 bits per heavy atom. The van der Waals surface area contributed by atoms with Gasteiger partial charge in [-0.15, -0.1) is 0 Å². The van der Waals surface area contributed by atoms with Crippen molar-refractivity contribution in [2.75, 3.05) is 18.6 Å². The fourth-order valence-electron chi connectivity index (χ4n) is 2.10. The summed E-state index contributed by atoms with van der Waals surface area (Å²) in [4.78, 5) is 4.22. The third-order valence-electron chi connectivity index (χ3n) is 2.92. The van der Waals surface area contributed by atoms with Crippen molar-refractivity contribution in [3.63, 3.8) is 0 Å². The van der Waals surface area contributed by atoms with Crippen LogP contribution in [0.2, 0.25) is 0 Å². The third-order valence-corrected chi connectivity index (χ3v) is 6.11. The minimum Gasteiger partial charge on any atom is -0.312 e. The molecule has 1 aromatic heterocycles. The molecule has 1 N–H and O–H groups in total. The number of pyridine rings is 1. The first-order valence-corrected chi connectivity index (χ1v) is 7.73. The smallest absolute Gasteiger partial charge is 0.0464 e. The summed E-state index contributed by atoms with van der Waals surface area (Å²) in [6.07, 6.45) is 3.82. The Balaban J connectivity index is 2.15. The number of thioether (sulfide) groups is 2. The largest absolute Gasteiger partial charge is 0.312 e. The Bertz CT molecular complexity index is 318. The summed E-state index contributed by atoms with van der Waals surface area (Å²) in [5.74, 6) is 2.55. The Labute approximate surface area is 106 Å². The lowest BCUT2D eigenvalue weighted by Gasteiger charge is -2.34. The molecule has 0 radical (unpaired) electrons. The van der Waals surface area contributed by atoms with Gasteiger partial charge in [-0.1, -0.05) is 13.0 Å². The van der Waals surface area contributed by atoms with Gasteiger partial charge in [-0.25, -0.2) is 0 Å². The molecular formula is C12H18N2S2. The van der Waals surface area contributed by atoms with Crippen LogP contribution >= 0.6 is 23.5 Å². The van der Waals surface area contributed by atoms with Crippen molar-refractivity contribution in [2.24, 2.45) is 0 Å². The second-order valence-corrected chi connectivity index (χ2v) is 6.74. The van der Waals surface area contributed by atoms with Gasteiger partial charge in [0.1, 0.15) is 0 Å². The van der Waals surface area contributed by atoms with Crippen LogP contribution in [0.3, 0.4) is 0 Å². The van der Waals surface area contributed by atoms with Crippen molar-refractivity contribution >= 4 is 23.5 Å². The number of nitrogens with zero attached hydrogens (tertiary/aromatic N) is 1. The first-order chi connectivity index (χ1) is 7.83. The zero-order valence-corrected chi connectivity index (χ0v) is 11.4. The number of nitrogens with one attached hydrogen (secondary N) is 1. The highest BCUT2D eigenvalue weighted by Gasteiger charge is 2.30. The summed E-state index contributed by atoms with van der Waals surface area (Å²) >= 11 is 4.17. The van der Waals surface area contributed by atoms with Gasteiger partial charge in [0.05, 0.1) is 0 Å². The zero-order valence-electron chi connectivity index (χ0n) is 9.72. The average Bonchev–Trinajstić information content (AvgIpc) is 2.34. The highest BCUT2D eigenvalue weighted by molar-refractivity contribution is 8.07. The maximum atomic E-state index is 4.22. The van der Waals surface area contributed by atoms with Crippen LogP contribution in [0.5, 0.6) is 0 Å². The predicted octanol–water partition coefficient (Wildman–Crippen LogP) is 2.58. The zero-order chi connectivity index (χ0) is 11.4. The summed E-state index contributed by atoms with van der Waals surface area (Å²) < 4.78 is 0. The summed E-state index contributed by atoms with van der Waals surface area (Å²) in [5.41, 5.74) is 1.30. The van der Waals surface area contributed by atoms with Crippen LogP contribution in [-0.4, -0.2) is 34.0 Å². The molecule has 0 aromatic carbocycles. The molecule has 0 bridgehead atoms. The molecule has 0 amide bonds. The van der Waals surface area contributed by atoms with Gasteiger partial charge in [-0.05, 0) is 18.7 Å². The van der Waals surface area contributed by atoms with Crippen LogP contribution in [0.15, 0.2) is 24.5 Å². The van der Waals surface area contributed by atoms with Gasteiger partial charge in [-0.2, -0.15) is 23.5 Å².